The van der Waals surface area contributed by atoms with Crippen molar-refractivity contribution < 1.29 is 9.84 Å². The molecule has 0 spiro atoms. The molecule has 2 aromatic rings. The van der Waals surface area contributed by atoms with E-state index < -0.39 is 6.10 Å². The van der Waals surface area contributed by atoms with Crippen molar-refractivity contribution in [1.29, 1.82) is 0 Å². The van der Waals surface area contributed by atoms with Gasteiger partial charge >= 0.3 is 0 Å². The standard InChI is InChI=1S/C18H25N3O2S/c1-13-14(2)24-18(19-13)21-9-7-20(8-10-21)12-17(22)15-5-4-6-16(11-15)23-3/h4-6,11,17,22H,7-10,12H2,1-3H3. The highest BCUT2D eigenvalue weighted by molar-refractivity contribution is 7.15. The molecule has 1 fully saturated rings. The molecule has 1 unspecified atom stereocenters. The maximum atomic E-state index is 10.5. The minimum Gasteiger partial charge on any atom is -0.497 e. The number of hydrogen-bond donors (Lipinski definition) is 1. The molecule has 1 aliphatic heterocycles. The van der Waals surface area contributed by atoms with Gasteiger partial charge in [0.15, 0.2) is 5.13 Å². The van der Waals surface area contributed by atoms with E-state index in [-0.39, 0.29) is 0 Å². The summed E-state index contributed by atoms with van der Waals surface area (Å²) in [5.74, 6) is 0.783. The summed E-state index contributed by atoms with van der Waals surface area (Å²) in [4.78, 5) is 10.6. The number of nitrogens with zero attached hydrogens (tertiary/aromatic N) is 3. The van der Waals surface area contributed by atoms with Crippen LogP contribution in [0.15, 0.2) is 24.3 Å². The third-order valence-electron chi connectivity index (χ3n) is 4.57. The van der Waals surface area contributed by atoms with Crippen molar-refractivity contribution in [2.45, 2.75) is 20.0 Å². The lowest BCUT2D eigenvalue weighted by Crippen LogP contribution is -2.47. The van der Waals surface area contributed by atoms with Gasteiger partial charge in [0, 0.05) is 37.6 Å². The summed E-state index contributed by atoms with van der Waals surface area (Å²) in [6, 6.07) is 7.67. The number of hydrogen-bond acceptors (Lipinski definition) is 6. The molecule has 2 heterocycles. The van der Waals surface area contributed by atoms with Crippen LogP contribution in [0.1, 0.15) is 22.2 Å². The lowest BCUT2D eigenvalue weighted by molar-refractivity contribution is 0.109. The fourth-order valence-electron chi connectivity index (χ4n) is 2.91. The first-order valence-electron chi connectivity index (χ1n) is 8.30. The average molecular weight is 347 g/mol. The predicted molar refractivity (Wildman–Crippen MR) is 98.2 cm³/mol. The molecule has 1 N–H and O–H groups in total. The summed E-state index contributed by atoms with van der Waals surface area (Å²) < 4.78 is 5.23. The topological polar surface area (TPSA) is 48.8 Å². The van der Waals surface area contributed by atoms with E-state index in [9.17, 15) is 5.11 Å². The predicted octanol–water partition coefficient (Wildman–Crippen LogP) is 2.62. The second-order valence-electron chi connectivity index (χ2n) is 6.22. The lowest BCUT2D eigenvalue weighted by Gasteiger charge is -2.35. The first kappa shape index (κ1) is 17.2. The van der Waals surface area contributed by atoms with Crippen molar-refractivity contribution in [2.24, 2.45) is 0 Å². The first-order valence-corrected chi connectivity index (χ1v) is 9.12. The van der Waals surface area contributed by atoms with Crippen LogP contribution in [-0.2, 0) is 0 Å². The van der Waals surface area contributed by atoms with E-state index in [2.05, 4.69) is 28.6 Å². The molecule has 1 saturated heterocycles. The number of thiazole rings is 1. The molecule has 1 aromatic heterocycles. The van der Waals surface area contributed by atoms with Crippen LogP contribution in [0.5, 0.6) is 5.75 Å². The highest BCUT2D eigenvalue weighted by Crippen LogP contribution is 2.26. The van der Waals surface area contributed by atoms with Gasteiger partial charge in [-0.3, -0.25) is 4.90 Å². The summed E-state index contributed by atoms with van der Waals surface area (Å²) in [5.41, 5.74) is 2.04. The average Bonchev–Trinajstić information content (AvgIpc) is 2.94. The van der Waals surface area contributed by atoms with E-state index in [0.29, 0.717) is 6.54 Å². The van der Waals surface area contributed by atoms with E-state index in [1.165, 1.54) is 4.88 Å². The van der Waals surface area contributed by atoms with Crippen LogP contribution in [0.4, 0.5) is 5.13 Å². The summed E-state index contributed by atoms with van der Waals surface area (Å²) in [6.07, 6.45) is -0.490. The smallest absolute Gasteiger partial charge is 0.185 e. The van der Waals surface area contributed by atoms with E-state index in [0.717, 1.165) is 48.3 Å². The van der Waals surface area contributed by atoms with Gasteiger partial charge in [-0.15, -0.1) is 11.3 Å². The Morgan fingerprint density at radius 2 is 2.00 bits per heavy atom. The zero-order valence-corrected chi connectivity index (χ0v) is 15.3. The molecular weight excluding hydrogens is 322 g/mol. The Morgan fingerprint density at radius 3 is 2.62 bits per heavy atom. The Labute approximate surface area is 147 Å². The van der Waals surface area contributed by atoms with Crippen molar-refractivity contribution >= 4 is 16.5 Å². The Kier molecular flexibility index (Phi) is 5.38. The molecule has 1 atom stereocenters. The maximum absolute atomic E-state index is 10.5. The molecular formula is C18H25N3O2S. The molecule has 0 amide bonds. The first-order chi connectivity index (χ1) is 11.6. The third-order valence-corrected chi connectivity index (χ3v) is 5.70. The van der Waals surface area contributed by atoms with E-state index >= 15 is 0 Å². The van der Waals surface area contributed by atoms with Gasteiger partial charge in [-0.05, 0) is 31.5 Å². The fraction of sp³-hybridized carbons (Fsp3) is 0.500. The molecule has 0 radical (unpaired) electrons. The van der Waals surface area contributed by atoms with E-state index in [1.54, 1.807) is 18.4 Å². The van der Waals surface area contributed by atoms with Crippen LogP contribution >= 0.6 is 11.3 Å². The molecule has 6 heteroatoms. The molecule has 130 valence electrons. The quantitative estimate of drug-likeness (QED) is 0.901. The number of aliphatic hydroxyl groups excluding tert-OH is 1. The van der Waals surface area contributed by atoms with Crippen molar-refractivity contribution in [1.82, 2.24) is 9.88 Å². The summed E-state index contributed by atoms with van der Waals surface area (Å²) >= 11 is 1.77. The Balaban J connectivity index is 1.54. The molecule has 1 aromatic carbocycles. The number of piperazine rings is 1. The van der Waals surface area contributed by atoms with Crippen LogP contribution < -0.4 is 9.64 Å². The number of aryl methyl sites for hydroxylation is 2. The number of rotatable bonds is 5. The number of anilines is 1. The number of ether oxygens (including phenoxy) is 1. The highest BCUT2D eigenvalue weighted by Gasteiger charge is 2.22. The molecule has 0 bridgehead atoms. The number of methoxy groups -OCH3 is 1. The van der Waals surface area contributed by atoms with Gasteiger partial charge in [0.1, 0.15) is 5.75 Å². The zero-order chi connectivity index (χ0) is 17.1. The second kappa shape index (κ2) is 7.51. The van der Waals surface area contributed by atoms with Crippen molar-refractivity contribution in [3.8, 4) is 5.75 Å². The maximum Gasteiger partial charge on any atom is 0.185 e. The Morgan fingerprint density at radius 1 is 1.25 bits per heavy atom. The minimum atomic E-state index is -0.490. The van der Waals surface area contributed by atoms with Crippen molar-refractivity contribution in [3.05, 3.63) is 40.4 Å². The molecule has 1 aliphatic rings. The molecule has 0 saturated carbocycles. The number of aromatic nitrogens is 1. The van der Waals surface area contributed by atoms with Crippen LogP contribution in [0.25, 0.3) is 0 Å². The molecule has 5 nitrogen and oxygen atoms in total. The zero-order valence-electron chi connectivity index (χ0n) is 14.5. The normalized spacial score (nSPS) is 17.1. The van der Waals surface area contributed by atoms with Gasteiger partial charge in [0.2, 0.25) is 0 Å². The Hall–Kier alpha value is -1.63. The number of β-amino-alcohol motifs (C(OH)–C–C–N with tert-alkyl or cyclic N) is 1. The van der Waals surface area contributed by atoms with Crippen LogP contribution in [0.3, 0.4) is 0 Å². The lowest BCUT2D eigenvalue weighted by atomic mass is 10.1. The van der Waals surface area contributed by atoms with Crippen molar-refractivity contribution in [3.63, 3.8) is 0 Å². The van der Waals surface area contributed by atoms with E-state index in [1.807, 2.05) is 24.3 Å². The fourth-order valence-corrected chi connectivity index (χ4v) is 3.87. The SMILES string of the molecule is COc1cccc(C(O)CN2CCN(c3nc(C)c(C)s3)CC2)c1. The minimum absolute atomic E-state index is 0.490. The molecule has 3 rings (SSSR count). The molecule has 24 heavy (non-hydrogen) atoms. The van der Waals surface area contributed by atoms with Crippen LogP contribution in [0, 0.1) is 13.8 Å². The number of benzene rings is 1. The largest absolute Gasteiger partial charge is 0.497 e. The van der Waals surface area contributed by atoms with Crippen LogP contribution in [-0.4, -0.2) is 54.8 Å². The summed E-state index contributed by atoms with van der Waals surface area (Å²) in [7, 11) is 1.65. The monoisotopic (exact) mass is 347 g/mol. The van der Waals surface area contributed by atoms with Gasteiger partial charge in [-0.1, -0.05) is 12.1 Å². The van der Waals surface area contributed by atoms with E-state index in [4.69, 9.17) is 4.74 Å². The van der Waals surface area contributed by atoms with Gasteiger partial charge in [0.25, 0.3) is 0 Å². The summed E-state index contributed by atoms with van der Waals surface area (Å²) in [6.45, 7) is 8.64. The van der Waals surface area contributed by atoms with Crippen molar-refractivity contribution in [2.75, 3.05) is 44.7 Å². The highest BCUT2D eigenvalue weighted by atomic mass is 32.1. The second-order valence-corrected chi connectivity index (χ2v) is 7.40. The third kappa shape index (κ3) is 3.88. The van der Waals surface area contributed by atoms with Gasteiger partial charge in [-0.2, -0.15) is 0 Å². The van der Waals surface area contributed by atoms with Gasteiger partial charge in [0.05, 0.1) is 18.9 Å². The number of aliphatic hydroxyl groups is 1. The van der Waals surface area contributed by atoms with Gasteiger partial charge in [-0.25, -0.2) is 4.98 Å². The van der Waals surface area contributed by atoms with Gasteiger partial charge < -0.3 is 14.7 Å². The Bertz CT molecular complexity index is 661. The molecule has 0 aliphatic carbocycles. The van der Waals surface area contributed by atoms with Crippen LogP contribution in [0.2, 0.25) is 0 Å². The summed E-state index contributed by atoms with van der Waals surface area (Å²) in [5, 5.41) is 11.6.